The third-order valence-corrected chi connectivity index (χ3v) is 4.69. The summed E-state index contributed by atoms with van der Waals surface area (Å²) in [7, 11) is 0. The first-order chi connectivity index (χ1) is 10.8. The summed E-state index contributed by atoms with van der Waals surface area (Å²) < 4.78 is 6.48. The van der Waals surface area contributed by atoms with Gasteiger partial charge in [-0.3, -0.25) is 0 Å². The zero-order valence-corrected chi connectivity index (χ0v) is 16.2. The number of nitrogens with one attached hydrogen (secondary N) is 1. The van der Waals surface area contributed by atoms with E-state index in [1.54, 1.807) is 0 Å². The molecule has 0 aromatic heterocycles. The molecular formula is C17H24BrClN2O2. The Labute approximate surface area is 151 Å². The Hall–Kier alpha value is -0.780. The molecule has 1 unspecified atom stereocenters. The average Bonchev–Trinajstić information content (AvgIpc) is 2.88. The summed E-state index contributed by atoms with van der Waals surface area (Å²) in [5.41, 5.74) is 0.697. The minimum Gasteiger partial charge on any atom is -0.444 e. The van der Waals surface area contributed by atoms with Crippen LogP contribution in [0.1, 0.15) is 39.2 Å². The van der Waals surface area contributed by atoms with Crippen molar-refractivity contribution in [2.45, 2.75) is 51.8 Å². The minimum absolute atomic E-state index is 0.191. The van der Waals surface area contributed by atoms with E-state index in [-0.39, 0.29) is 12.1 Å². The highest BCUT2D eigenvalue weighted by Gasteiger charge is 2.31. The van der Waals surface area contributed by atoms with E-state index < -0.39 is 5.60 Å². The van der Waals surface area contributed by atoms with E-state index in [2.05, 4.69) is 21.2 Å². The molecule has 1 aromatic carbocycles. The Kier molecular flexibility index (Phi) is 6.34. The Balaban J connectivity index is 1.85. The number of benzene rings is 1. The van der Waals surface area contributed by atoms with Gasteiger partial charge >= 0.3 is 6.09 Å². The summed E-state index contributed by atoms with van der Waals surface area (Å²) in [5, 5.41) is 4.14. The van der Waals surface area contributed by atoms with Gasteiger partial charge in [0, 0.05) is 35.2 Å². The number of hydrogen-bond acceptors (Lipinski definition) is 3. The van der Waals surface area contributed by atoms with Gasteiger partial charge in [-0.15, -0.1) is 0 Å². The van der Waals surface area contributed by atoms with Gasteiger partial charge in [-0.25, -0.2) is 4.79 Å². The van der Waals surface area contributed by atoms with Gasteiger partial charge < -0.3 is 15.0 Å². The number of ether oxygens (including phenoxy) is 1. The second kappa shape index (κ2) is 7.86. The summed E-state index contributed by atoms with van der Waals surface area (Å²) in [4.78, 5) is 14.1. The lowest BCUT2D eigenvalue weighted by atomic mass is 10.2. The van der Waals surface area contributed by atoms with Crippen molar-refractivity contribution >= 4 is 33.6 Å². The number of rotatable bonds is 4. The van der Waals surface area contributed by atoms with E-state index >= 15 is 0 Å². The number of carbonyl (C=O) groups excluding carboxylic acids is 1. The molecule has 1 heterocycles. The number of likely N-dealkylation sites (tertiary alicyclic amines) is 1. The summed E-state index contributed by atoms with van der Waals surface area (Å²) in [6.07, 6.45) is 1.82. The molecule has 0 spiro atoms. The van der Waals surface area contributed by atoms with Crippen LogP contribution in [0, 0.1) is 0 Å². The fourth-order valence-electron chi connectivity index (χ4n) is 2.65. The van der Waals surface area contributed by atoms with E-state index in [9.17, 15) is 4.79 Å². The second-order valence-corrected chi connectivity index (χ2v) is 8.13. The van der Waals surface area contributed by atoms with Crippen LogP contribution in [0.15, 0.2) is 22.7 Å². The molecule has 1 atom stereocenters. The Bertz CT molecular complexity index is 560. The Morgan fingerprint density at radius 3 is 2.87 bits per heavy atom. The van der Waals surface area contributed by atoms with Crippen molar-refractivity contribution in [3.05, 3.63) is 33.3 Å². The van der Waals surface area contributed by atoms with Crippen LogP contribution in [0.4, 0.5) is 4.79 Å². The third-order valence-electron chi connectivity index (χ3n) is 3.72. The molecule has 1 N–H and O–H groups in total. The van der Waals surface area contributed by atoms with Crippen molar-refractivity contribution in [3.8, 4) is 0 Å². The van der Waals surface area contributed by atoms with E-state index in [0.717, 1.165) is 42.5 Å². The van der Waals surface area contributed by atoms with Crippen LogP contribution in [0.3, 0.4) is 0 Å². The maximum Gasteiger partial charge on any atom is 0.410 e. The highest BCUT2D eigenvalue weighted by molar-refractivity contribution is 9.10. The fourth-order valence-corrected chi connectivity index (χ4v) is 3.47. The molecule has 23 heavy (non-hydrogen) atoms. The fraction of sp³-hybridized carbons (Fsp3) is 0.588. The van der Waals surface area contributed by atoms with Crippen molar-refractivity contribution in [1.29, 1.82) is 0 Å². The summed E-state index contributed by atoms with van der Waals surface area (Å²) in [6, 6.07) is 5.96. The molecule has 0 bridgehead atoms. The molecule has 1 saturated heterocycles. The molecule has 1 fully saturated rings. The number of amides is 1. The lowest BCUT2D eigenvalue weighted by Crippen LogP contribution is -2.44. The molecular weight excluding hydrogens is 380 g/mol. The largest absolute Gasteiger partial charge is 0.444 e. The molecule has 1 amide bonds. The molecule has 4 nitrogen and oxygen atoms in total. The molecule has 1 aliphatic heterocycles. The monoisotopic (exact) mass is 402 g/mol. The smallest absolute Gasteiger partial charge is 0.410 e. The first-order valence-corrected chi connectivity index (χ1v) is 9.07. The normalized spacial score (nSPS) is 18.3. The van der Waals surface area contributed by atoms with Gasteiger partial charge in [0.2, 0.25) is 0 Å². The Morgan fingerprint density at radius 2 is 2.22 bits per heavy atom. The maximum atomic E-state index is 12.2. The van der Waals surface area contributed by atoms with Crippen LogP contribution < -0.4 is 5.32 Å². The number of halogens is 2. The highest BCUT2D eigenvalue weighted by Crippen LogP contribution is 2.23. The second-order valence-electron chi connectivity index (χ2n) is 6.84. The van der Waals surface area contributed by atoms with Gasteiger partial charge in [0.05, 0.1) is 0 Å². The lowest BCUT2D eigenvalue weighted by Gasteiger charge is -2.28. The number of nitrogens with zero attached hydrogens (tertiary/aromatic N) is 1. The molecule has 1 aromatic rings. The van der Waals surface area contributed by atoms with Crippen LogP contribution >= 0.6 is 27.5 Å². The van der Waals surface area contributed by atoms with Crippen LogP contribution in [0.5, 0.6) is 0 Å². The van der Waals surface area contributed by atoms with Crippen molar-refractivity contribution in [3.63, 3.8) is 0 Å². The molecule has 0 radical (unpaired) electrons. The van der Waals surface area contributed by atoms with Crippen molar-refractivity contribution in [2.24, 2.45) is 0 Å². The maximum absolute atomic E-state index is 12.2. The molecule has 128 valence electrons. The van der Waals surface area contributed by atoms with Gasteiger partial charge in [-0.2, -0.15) is 0 Å². The topological polar surface area (TPSA) is 41.6 Å². The van der Waals surface area contributed by atoms with Gasteiger partial charge in [0.1, 0.15) is 5.60 Å². The first kappa shape index (κ1) is 18.6. The predicted octanol–water partition coefficient (Wildman–Crippen LogP) is 4.59. The number of carbonyl (C=O) groups is 1. The van der Waals surface area contributed by atoms with Crippen LogP contribution in [0.2, 0.25) is 5.02 Å². The third kappa shape index (κ3) is 5.66. The quantitative estimate of drug-likeness (QED) is 0.799. The average molecular weight is 404 g/mol. The zero-order chi connectivity index (χ0) is 17.0. The molecule has 6 heteroatoms. The summed E-state index contributed by atoms with van der Waals surface area (Å²) in [6.45, 7) is 7.95. The Morgan fingerprint density at radius 1 is 1.48 bits per heavy atom. The highest BCUT2D eigenvalue weighted by atomic mass is 79.9. The van der Waals surface area contributed by atoms with E-state index in [1.165, 1.54) is 0 Å². The van der Waals surface area contributed by atoms with Crippen molar-refractivity contribution < 1.29 is 9.53 Å². The molecule has 2 rings (SSSR count). The van der Waals surface area contributed by atoms with Gasteiger partial charge in [-0.05, 0) is 51.3 Å². The van der Waals surface area contributed by atoms with Crippen molar-refractivity contribution in [1.82, 2.24) is 10.2 Å². The molecule has 1 aliphatic rings. The summed E-state index contributed by atoms with van der Waals surface area (Å²) >= 11 is 9.47. The minimum atomic E-state index is -0.453. The molecule has 0 saturated carbocycles. The van der Waals surface area contributed by atoms with Crippen molar-refractivity contribution in [2.75, 3.05) is 13.1 Å². The van der Waals surface area contributed by atoms with E-state index in [0.29, 0.717) is 5.02 Å². The molecule has 0 aliphatic carbocycles. The lowest BCUT2D eigenvalue weighted by molar-refractivity contribution is 0.0226. The van der Waals surface area contributed by atoms with Gasteiger partial charge in [0.15, 0.2) is 0 Å². The zero-order valence-electron chi connectivity index (χ0n) is 13.9. The van der Waals surface area contributed by atoms with E-state index in [4.69, 9.17) is 16.3 Å². The number of hydrogen-bond donors (Lipinski definition) is 1. The van der Waals surface area contributed by atoms with E-state index in [1.807, 2.05) is 43.9 Å². The van der Waals surface area contributed by atoms with Crippen LogP contribution in [-0.2, 0) is 11.3 Å². The summed E-state index contributed by atoms with van der Waals surface area (Å²) in [5.74, 6) is 0. The van der Waals surface area contributed by atoms with Gasteiger partial charge in [0.25, 0.3) is 0 Å². The first-order valence-electron chi connectivity index (χ1n) is 7.90. The SMILES string of the molecule is CC(C)(C)OC(=O)N1CCCC1CNCc1ccc(Cl)cc1Br. The predicted molar refractivity (Wildman–Crippen MR) is 96.8 cm³/mol. The standard InChI is InChI=1S/C17H24BrClN2O2/c1-17(2,3)23-16(22)21-8-4-5-14(21)11-20-10-12-6-7-13(19)9-15(12)18/h6-7,9,14,20H,4-5,8,10-11H2,1-3H3. The van der Waals surface area contributed by atoms with Crippen LogP contribution in [0.25, 0.3) is 0 Å². The van der Waals surface area contributed by atoms with Crippen LogP contribution in [-0.4, -0.2) is 35.7 Å². The van der Waals surface area contributed by atoms with Gasteiger partial charge in [-0.1, -0.05) is 33.6 Å².